The molecule has 0 saturated carbocycles. The molecule has 138 valence electrons. The highest BCUT2D eigenvalue weighted by molar-refractivity contribution is 5.54. The maximum absolute atomic E-state index is 12.4. The van der Waals surface area contributed by atoms with Crippen LogP contribution in [0.1, 0.15) is 57.5 Å². The van der Waals surface area contributed by atoms with Crippen LogP contribution in [0, 0.1) is 33.6 Å². The Kier molecular flexibility index (Phi) is 4.40. The maximum atomic E-state index is 12.4. The fourth-order valence-electron chi connectivity index (χ4n) is 5.19. The third-order valence-corrected chi connectivity index (χ3v) is 6.59. The van der Waals surface area contributed by atoms with Gasteiger partial charge >= 0.3 is 0 Å². The van der Waals surface area contributed by atoms with Crippen molar-refractivity contribution in [2.75, 3.05) is 13.1 Å². The van der Waals surface area contributed by atoms with Crippen LogP contribution in [-0.2, 0) is 18.4 Å². The van der Waals surface area contributed by atoms with Crippen LogP contribution in [0.25, 0.3) is 0 Å². The number of piperidine rings is 1. The summed E-state index contributed by atoms with van der Waals surface area (Å²) < 4.78 is 0. The SMILES string of the molecule is Cc1cnc2c(c1)CCc1c(C)c(C)cc(C)c1C2(O)C1CCNCC1. The lowest BCUT2D eigenvalue weighted by atomic mass is 9.70. The summed E-state index contributed by atoms with van der Waals surface area (Å²) in [5, 5.41) is 15.8. The Hall–Kier alpha value is -1.71. The second-order valence-corrected chi connectivity index (χ2v) is 8.30. The van der Waals surface area contributed by atoms with E-state index in [4.69, 9.17) is 4.98 Å². The molecule has 3 heteroatoms. The number of rotatable bonds is 1. The minimum absolute atomic E-state index is 0.204. The number of benzene rings is 1. The summed E-state index contributed by atoms with van der Waals surface area (Å²) in [5.74, 6) is 0.204. The molecule has 0 amide bonds. The van der Waals surface area contributed by atoms with Crippen molar-refractivity contribution < 1.29 is 5.11 Å². The van der Waals surface area contributed by atoms with E-state index in [0.29, 0.717) is 0 Å². The van der Waals surface area contributed by atoms with Crippen molar-refractivity contribution in [2.45, 2.75) is 59.0 Å². The predicted molar refractivity (Wildman–Crippen MR) is 106 cm³/mol. The lowest BCUT2D eigenvalue weighted by molar-refractivity contribution is -0.00254. The smallest absolute Gasteiger partial charge is 0.135 e. The largest absolute Gasteiger partial charge is 0.378 e. The fourth-order valence-corrected chi connectivity index (χ4v) is 5.19. The zero-order valence-electron chi connectivity index (χ0n) is 16.4. The fraction of sp³-hybridized carbons (Fsp3) is 0.522. The lowest BCUT2D eigenvalue weighted by Gasteiger charge is -2.41. The topological polar surface area (TPSA) is 45.2 Å². The number of nitrogens with one attached hydrogen (secondary N) is 1. The molecule has 1 saturated heterocycles. The highest BCUT2D eigenvalue weighted by atomic mass is 16.3. The van der Waals surface area contributed by atoms with Gasteiger partial charge in [-0.05, 0) is 105 Å². The predicted octanol–water partition coefficient (Wildman–Crippen LogP) is 3.65. The molecule has 1 aromatic heterocycles. The summed E-state index contributed by atoms with van der Waals surface area (Å²) in [6, 6.07) is 4.48. The first-order valence-electron chi connectivity index (χ1n) is 9.92. The van der Waals surface area contributed by atoms with Crippen LogP contribution in [0.2, 0.25) is 0 Å². The molecule has 4 rings (SSSR count). The molecular weight excluding hydrogens is 320 g/mol. The molecular formula is C23H30N2O. The van der Waals surface area contributed by atoms with E-state index in [0.717, 1.165) is 50.0 Å². The Morgan fingerprint density at radius 2 is 1.77 bits per heavy atom. The maximum Gasteiger partial charge on any atom is 0.135 e. The minimum atomic E-state index is -0.987. The molecule has 2 N–H and O–H groups in total. The lowest BCUT2D eigenvalue weighted by Crippen LogP contribution is -2.44. The van der Waals surface area contributed by atoms with Crippen LogP contribution < -0.4 is 5.32 Å². The Bertz CT molecular complexity index is 852. The van der Waals surface area contributed by atoms with Crippen LogP contribution >= 0.6 is 0 Å². The Morgan fingerprint density at radius 1 is 1.04 bits per heavy atom. The van der Waals surface area contributed by atoms with E-state index >= 15 is 0 Å². The highest BCUT2D eigenvalue weighted by Crippen LogP contribution is 2.47. The monoisotopic (exact) mass is 350 g/mol. The molecule has 1 aliphatic carbocycles. The standard InChI is InChI=1S/C23H30N2O/c1-14-11-18-5-6-20-17(4)15(2)12-16(3)21(20)23(26,22(18)25-13-14)19-7-9-24-10-8-19/h11-13,19,24,26H,5-10H2,1-4H3. The van der Waals surface area contributed by atoms with Crippen molar-refractivity contribution in [1.29, 1.82) is 0 Å². The molecule has 1 aliphatic heterocycles. The number of aliphatic hydroxyl groups is 1. The summed E-state index contributed by atoms with van der Waals surface area (Å²) >= 11 is 0. The molecule has 0 spiro atoms. The van der Waals surface area contributed by atoms with Crippen molar-refractivity contribution >= 4 is 0 Å². The van der Waals surface area contributed by atoms with Gasteiger partial charge in [-0.3, -0.25) is 4.98 Å². The number of nitrogens with zero attached hydrogens (tertiary/aromatic N) is 1. The molecule has 2 heterocycles. The second-order valence-electron chi connectivity index (χ2n) is 8.30. The average molecular weight is 351 g/mol. The van der Waals surface area contributed by atoms with E-state index in [1.54, 1.807) is 0 Å². The van der Waals surface area contributed by atoms with E-state index in [-0.39, 0.29) is 5.92 Å². The van der Waals surface area contributed by atoms with Gasteiger partial charge in [0.2, 0.25) is 0 Å². The van der Waals surface area contributed by atoms with Gasteiger partial charge in [0, 0.05) is 12.1 Å². The average Bonchev–Trinajstić information content (AvgIpc) is 2.76. The van der Waals surface area contributed by atoms with Gasteiger partial charge in [-0.25, -0.2) is 0 Å². The van der Waals surface area contributed by atoms with Crippen LogP contribution in [0.4, 0.5) is 0 Å². The van der Waals surface area contributed by atoms with Crippen LogP contribution in [0.5, 0.6) is 0 Å². The van der Waals surface area contributed by atoms with E-state index in [9.17, 15) is 5.11 Å². The van der Waals surface area contributed by atoms with E-state index in [1.165, 1.54) is 33.4 Å². The number of aromatic nitrogens is 1. The quantitative estimate of drug-likeness (QED) is 0.825. The molecule has 1 atom stereocenters. The minimum Gasteiger partial charge on any atom is -0.378 e. The molecule has 0 bridgehead atoms. The van der Waals surface area contributed by atoms with Crippen LogP contribution in [0.3, 0.4) is 0 Å². The normalized spacial score (nSPS) is 23.3. The Balaban J connectivity index is 2.03. The van der Waals surface area contributed by atoms with Crippen molar-refractivity contribution in [2.24, 2.45) is 5.92 Å². The Morgan fingerprint density at radius 3 is 2.50 bits per heavy atom. The number of pyridine rings is 1. The third kappa shape index (κ3) is 2.60. The second kappa shape index (κ2) is 6.47. The van der Waals surface area contributed by atoms with Gasteiger partial charge in [0.05, 0.1) is 5.69 Å². The van der Waals surface area contributed by atoms with E-state index in [1.807, 2.05) is 6.20 Å². The van der Waals surface area contributed by atoms with Crippen molar-refractivity contribution in [1.82, 2.24) is 10.3 Å². The van der Waals surface area contributed by atoms with Crippen LogP contribution in [-0.4, -0.2) is 23.2 Å². The van der Waals surface area contributed by atoms with Crippen molar-refractivity contribution in [3.63, 3.8) is 0 Å². The van der Waals surface area contributed by atoms with Gasteiger partial charge < -0.3 is 10.4 Å². The number of aryl methyl sites for hydroxylation is 4. The van der Waals surface area contributed by atoms with Crippen LogP contribution in [0.15, 0.2) is 18.3 Å². The molecule has 2 aromatic rings. The van der Waals surface area contributed by atoms with Gasteiger partial charge in [0.15, 0.2) is 0 Å². The summed E-state index contributed by atoms with van der Waals surface area (Å²) in [4.78, 5) is 4.83. The molecule has 3 nitrogen and oxygen atoms in total. The number of fused-ring (bicyclic) bond motifs is 2. The molecule has 1 unspecified atom stereocenters. The van der Waals surface area contributed by atoms with Gasteiger partial charge in [0.1, 0.15) is 5.60 Å². The summed E-state index contributed by atoms with van der Waals surface area (Å²) in [6.07, 6.45) is 5.82. The summed E-state index contributed by atoms with van der Waals surface area (Å²) in [5.41, 5.74) is 8.66. The Labute approximate surface area is 156 Å². The van der Waals surface area contributed by atoms with E-state index in [2.05, 4.69) is 45.1 Å². The van der Waals surface area contributed by atoms with Gasteiger partial charge in [0.25, 0.3) is 0 Å². The van der Waals surface area contributed by atoms with Gasteiger partial charge in [-0.1, -0.05) is 12.1 Å². The van der Waals surface area contributed by atoms with Crippen molar-refractivity contribution in [3.05, 3.63) is 63.0 Å². The first kappa shape index (κ1) is 17.7. The molecule has 1 aromatic carbocycles. The molecule has 1 fully saturated rings. The van der Waals surface area contributed by atoms with Gasteiger partial charge in [-0.15, -0.1) is 0 Å². The van der Waals surface area contributed by atoms with Gasteiger partial charge in [-0.2, -0.15) is 0 Å². The summed E-state index contributed by atoms with van der Waals surface area (Å²) in [7, 11) is 0. The first-order chi connectivity index (χ1) is 12.4. The number of hydrogen-bond donors (Lipinski definition) is 2. The molecule has 0 radical (unpaired) electrons. The zero-order valence-corrected chi connectivity index (χ0v) is 16.4. The summed E-state index contributed by atoms with van der Waals surface area (Å²) in [6.45, 7) is 10.6. The van der Waals surface area contributed by atoms with E-state index < -0.39 is 5.60 Å². The zero-order chi connectivity index (χ0) is 18.5. The third-order valence-electron chi connectivity index (χ3n) is 6.59. The highest BCUT2D eigenvalue weighted by Gasteiger charge is 2.46. The molecule has 2 aliphatic rings. The van der Waals surface area contributed by atoms with Crippen molar-refractivity contribution in [3.8, 4) is 0 Å². The number of hydrogen-bond acceptors (Lipinski definition) is 3. The molecule has 26 heavy (non-hydrogen) atoms. The first-order valence-corrected chi connectivity index (χ1v) is 9.92.